The number of nitrogens with one attached hydrogen (secondary N) is 1. The van der Waals surface area contributed by atoms with E-state index in [1.54, 1.807) is 0 Å². The number of hydrogen-bond donors (Lipinski definition) is 1. The van der Waals surface area contributed by atoms with Gasteiger partial charge < -0.3 is 5.32 Å². The minimum Gasteiger partial charge on any atom is -0.313 e. The summed E-state index contributed by atoms with van der Waals surface area (Å²) in [6.45, 7) is 7.16. The van der Waals surface area contributed by atoms with Gasteiger partial charge in [0.1, 0.15) is 0 Å². The van der Waals surface area contributed by atoms with E-state index in [4.69, 9.17) is 0 Å². The Labute approximate surface area is 121 Å². The average Bonchev–Trinajstić information content (AvgIpc) is 3.21. The molecule has 3 heteroatoms. The maximum absolute atomic E-state index is 4.64. The highest BCUT2D eigenvalue weighted by Crippen LogP contribution is 2.41. The first-order valence-corrected chi connectivity index (χ1v) is 7.59. The molecule has 0 aliphatic heterocycles. The van der Waals surface area contributed by atoms with Gasteiger partial charge in [0.15, 0.2) is 0 Å². The molecule has 0 unspecified atom stereocenters. The summed E-state index contributed by atoms with van der Waals surface area (Å²) in [5.74, 6) is 0.732. The molecular weight excluding hydrogens is 246 g/mol. The number of nitrogens with zero attached hydrogens (tertiary/aromatic N) is 2. The first kappa shape index (κ1) is 13.4. The Kier molecular flexibility index (Phi) is 3.88. The molecule has 106 valence electrons. The van der Waals surface area contributed by atoms with Gasteiger partial charge in [-0.3, -0.25) is 4.68 Å². The second kappa shape index (κ2) is 5.80. The maximum Gasteiger partial charge on any atom is 0.0665 e. The second-order valence-corrected chi connectivity index (χ2v) is 5.69. The molecular formula is C17H23N3. The normalized spacial score (nSPS) is 14.7. The summed E-state index contributed by atoms with van der Waals surface area (Å²) in [5.41, 5.74) is 5.54. The fraction of sp³-hybridized carbons (Fsp3) is 0.471. The molecule has 3 rings (SSSR count). The van der Waals surface area contributed by atoms with E-state index in [1.165, 1.54) is 35.2 Å². The summed E-state index contributed by atoms with van der Waals surface area (Å²) in [7, 11) is 0. The van der Waals surface area contributed by atoms with E-state index >= 15 is 0 Å². The van der Waals surface area contributed by atoms with Gasteiger partial charge in [0.25, 0.3) is 0 Å². The summed E-state index contributed by atoms with van der Waals surface area (Å²) in [6, 6.07) is 8.59. The van der Waals surface area contributed by atoms with E-state index in [0.717, 1.165) is 25.6 Å². The Hall–Kier alpha value is -1.61. The lowest BCUT2D eigenvalue weighted by Crippen LogP contribution is -2.14. The Balaban J connectivity index is 1.86. The van der Waals surface area contributed by atoms with Crippen LogP contribution in [0.4, 0.5) is 0 Å². The molecule has 1 aliphatic rings. The molecule has 20 heavy (non-hydrogen) atoms. The molecule has 1 aromatic carbocycles. The Bertz CT molecular complexity index is 582. The van der Waals surface area contributed by atoms with E-state index < -0.39 is 0 Å². The summed E-state index contributed by atoms with van der Waals surface area (Å²) < 4.78 is 2.21. The number of rotatable bonds is 6. The molecule has 0 atom stereocenters. The highest BCUT2D eigenvalue weighted by atomic mass is 15.3. The molecule has 3 nitrogen and oxygen atoms in total. The maximum atomic E-state index is 4.64. The van der Waals surface area contributed by atoms with Gasteiger partial charge in [0.2, 0.25) is 0 Å². The lowest BCUT2D eigenvalue weighted by Gasteiger charge is -2.11. The Morgan fingerprint density at radius 2 is 2.05 bits per heavy atom. The van der Waals surface area contributed by atoms with Crippen molar-refractivity contribution in [2.75, 3.05) is 6.54 Å². The zero-order valence-corrected chi connectivity index (χ0v) is 12.4. The highest BCUT2D eigenvalue weighted by Gasteiger charge is 2.30. The van der Waals surface area contributed by atoms with E-state index in [2.05, 4.69) is 59.4 Å². The predicted molar refractivity (Wildman–Crippen MR) is 81.9 cm³/mol. The standard InChI is InChI=1S/C17H23N3/c1-3-18-10-16-11-19-20(17(16)14-8-9-14)12-15-7-5-4-6-13(15)2/h4-7,11,14,18H,3,8-10,12H2,1-2H3. The largest absolute Gasteiger partial charge is 0.313 e. The van der Waals surface area contributed by atoms with Crippen LogP contribution in [0.3, 0.4) is 0 Å². The molecule has 0 bridgehead atoms. The molecule has 0 radical (unpaired) electrons. The van der Waals surface area contributed by atoms with Crippen LogP contribution in [0, 0.1) is 6.92 Å². The van der Waals surface area contributed by atoms with Gasteiger partial charge in [-0.2, -0.15) is 5.10 Å². The zero-order chi connectivity index (χ0) is 13.9. The Morgan fingerprint density at radius 1 is 1.25 bits per heavy atom. The van der Waals surface area contributed by atoms with Gasteiger partial charge in [0.05, 0.1) is 12.7 Å². The van der Waals surface area contributed by atoms with Gasteiger partial charge in [0, 0.05) is 23.7 Å². The molecule has 1 fully saturated rings. The smallest absolute Gasteiger partial charge is 0.0665 e. The summed E-state index contributed by atoms with van der Waals surface area (Å²) in [4.78, 5) is 0. The van der Waals surface area contributed by atoms with E-state index in [-0.39, 0.29) is 0 Å². The zero-order valence-electron chi connectivity index (χ0n) is 12.4. The minimum absolute atomic E-state index is 0.732. The monoisotopic (exact) mass is 269 g/mol. The third kappa shape index (κ3) is 2.78. The van der Waals surface area contributed by atoms with Gasteiger partial charge in [-0.15, -0.1) is 0 Å². The van der Waals surface area contributed by atoms with Crippen molar-refractivity contribution in [1.82, 2.24) is 15.1 Å². The van der Waals surface area contributed by atoms with Gasteiger partial charge in [-0.1, -0.05) is 31.2 Å². The third-order valence-corrected chi connectivity index (χ3v) is 4.07. The van der Waals surface area contributed by atoms with Gasteiger partial charge >= 0.3 is 0 Å². The summed E-state index contributed by atoms with van der Waals surface area (Å²) in [6.07, 6.45) is 4.69. The van der Waals surface area contributed by atoms with Crippen molar-refractivity contribution in [3.05, 3.63) is 52.8 Å². The van der Waals surface area contributed by atoms with E-state index in [9.17, 15) is 0 Å². The summed E-state index contributed by atoms with van der Waals surface area (Å²) in [5, 5.41) is 8.07. The predicted octanol–water partition coefficient (Wildman–Crippen LogP) is 3.23. The van der Waals surface area contributed by atoms with Crippen LogP contribution in [0.15, 0.2) is 30.5 Å². The average molecular weight is 269 g/mol. The first-order valence-electron chi connectivity index (χ1n) is 7.59. The second-order valence-electron chi connectivity index (χ2n) is 5.69. The molecule has 0 amide bonds. The molecule has 2 aromatic rings. The fourth-order valence-electron chi connectivity index (χ4n) is 2.73. The lowest BCUT2D eigenvalue weighted by molar-refractivity contribution is 0.637. The first-order chi connectivity index (χ1) is 9.79. The quantitative estimate of drug-likeness (QED) is 0.872. The molecule has 1 aliphatic carbocycles. The van der Waals surface area contributed by atoms with Gasteiger partial charge in [-0.25, -0.2) is 0 Å². The van der Waals surface area contributed by atoms with Crippen LogP contribution >= 0.6 is 0 Å². The SMILES string of the molecule is CCNCc1cnn(Cc2ccccc2C)c1C1CC1. The summed E-state index contributed by atoms with van der Waals surface area (Å²) >= 11 is 0. The molecule has 0 spiro atoms. The van der Waals surface area contributed by atoms with Crippen LogP contribution < -0.4 is 5.32 Å². The van der Waals surface area contributed by atoms with Crippen molar-refractivity contribution in [2.24, 2.45) is 0 Å². The number of benzene rings is 1. The van der Waals surface area contributed by atoms with Crippen molar-refractivity contribution in [2.45, 2.75) is 45.7 Å². The van der Waals surface area contributed by atoms with Crippen LogP contribution in [0.1, 0.15) is 48.1 Å². The topological polar surface area (TPSA) is 29.9 Å². The number of aryl methyl sites for hydroxylation is 1. The Morgan fingerprint density at radius 3 is 2.75 bits per heavy atom. The lowest BCUT2D eigenvalue weighted by atomic mass is 10.1. The molecule has 1 N–H and O–H groups in total. The number of aromatic nitrogens is 2. The highest BCUT2D eigenvalue weighted by molar-refractivity contribution is 5.29. The molecule has 0 saturated heterocycles. The van der Waals surface area contributed by atoms with Crippen LogP contribution in [0.5, 0.6) is 0 Å². The van der Waals surface area contributed by atoms with Crippen molar-refractivity contribution >= 4 is 0 Å². The fourth-order valence-corrected chi connectivity index (χ4v) is 2.73. The number of hydrogen-bond acceptors (Lipinski definition) is 2. The van der Waals surface area contributed by atoms with Crippen LogP contribution in [-0.4, -0.2) is 16.3 Å². The molecule has 1 saturated carbocycles. The van der Waals surface area contributed by atoms with Crippen LogP contribution in [0.2, 0.25) is 0 Å². The molecule has 1 aromatic heterocycles. The van der Waals surface area contributed by atoms with Crippen molar-refractivity contribution in [3.63, 3.8) is 0 Å². The van der Waals surface area contributed by atoms with Crippen LogP contribution in [0.25, 0.3) is 0 Å². The van der Waals surface area contributed by atoms with Crippen molar-refractivity contribution < 1.29 is 0 Å². The van der Waals surface area contributed by atoms with Gasteiger partial charge in [-0.05, 0) is 37.4 Å². The van der Waals surface area contributed by atoms with E-state index in [0.29, 0.717) is 0 Å². The molecule has 1 heterocycles. The van der Waals surface area contributed by atoms with Crippen molar-refractivity contribution in [3.8, 4) is 0 Å². The van der Waals surface area contributed by atoms with Crippen molar-refractivity contribution in [1.29, 1.82) is 0 Å². The minimum atomic E-state index is 0.732. The van der Waals surface area contributed by atoms with Crippen LogP contribution in [-0.2, 0) is 13.1 Å². The van der Waals surface area contributed by atoms with E-state index in [1.807, 2.05) is 0 Å². The third-order valence-electron chi connectivity index (χ3n) is 4.07.